The Kier molecular flexibility index (Phi) is 6.14. The minimum atomic E-state index is -3.79. The highest BCUT2D eigenvalue weighted by molar-refractivity contribution is 7.89. The van der Waals surface area contributed by atoms with Gasteiger partial charge in [0.05, 0.1) is 19.1 Å². The summed E-state index contributed by atoms with van der Waals surface area (Å²) < 4.78 is 44.2. The first-order valence-electron chi connectivity index (χ1n) is 9.37. The molecule has 0 saturated carbocycles. The third kappa shape index (κ3) is 4.23. The van der Waals surface area contributed by atoms with Crippen molar-refractivity contribution in [2.24, 2.45) is 0 Å². The highest BCUT2D eigenvalue weighted by atomic mass is 32.2. The molecule has 0 N–H and O–H groups in total. The molecule has 0 saturated heterocycles. The number of hydrogen-bond acceptors (Lipinski definition) is 6. The number of rotatable bonds is 8. The van der Waals surface area contributed by atoms with Gasteiger partial charge < -0.3 is 13.7 Å². The number of sulfonamides is 1. The molecule has 156 valence electrons. The van der Waals surface area contributed by atoms with E-state index < -0.39 is 10.0 Å². The van der Waals surface area contributed by atoms with E-state index in [1.165, 1.54) is 11.4 Å². The van der Waals surface area contributed by atoms with Crippen molar-refractivity contribution < 1.29 is 22.1 Å². The summed E-state index contributed by atoms with van der Waals surface area (Å²) in [4.78, 5) is 0.0956. The fraction of sp³-hybridized carbons (Fsp3) is 0.381. The Morgan fingerprint density at radius 1 is 1.24 bits per heavy atom. The van der Waals surface area contributed by atoms with Gasteiger partial charge in [-0.3, -0.25) is 0 Å². The van der Waals surface area contributed by atoms with Crippen LogP contribution >= 0.6 is 0 Å². The van der Waals surface area contributed by atoms with Crippen molar-refractivity contribution in [2.75, 3.05) is 14.2 Å². The molecule has 0 aliphatic rings. The van der Waals surface area contributed by atoms with Crippen LogP contribution in [0.2, 0.25) is 0 Å². The molecule has 3 rings (SSSR count). The zero-order chi connectivity index (χ0) is 21.2. The summed E-state index contributed by atoms with van der Waals surface area (Å²) in [6, 6.07) is 8.47. The molecule has 0 amide bonds. The monoisotopic (exact) mass is 418 g/mol. The zero-order valence-corrected chi connectivity index (χ0v) is 18.1. The fourth-order valence-corrected chi connectivity index (χ4v) is 4.65. The number of aryl methyl sites for hydroxylation is 2. The average molecular weight is 419 g/mol. The van der Waals surface area contributed by atoms with Crippen molar-refractivity contribution in [3.8, 4) is 17.1 Å². The van der Waals surface area contributed by atoms with E-state index in [1.807, 2.05) is 32.9 Å². The van der Waals surface area contributed by atoms with Crippen molar-refractivity contribution in [1.29, 1.82) is 0 Å². The van der Waals surface area contributed by atoms with E-state index in [-0.39, 0.29) is 16.7 Å². The number of hydrogen-bond donors (Lipinski definition) is 0. The maximum atomic E-state index is 13.4. The minimum Gasteiger partial charge on any atom is -0.495 e. The molecule has 0 fully saturated rings. The second kappa shape index (κ2) is 8.42. The molecule has 1 aromatic carbocycles. The van der Waals surface area contributed by atoms with Crippen molar-refractivity contribution in [2.45, 2.75) is 44.6 Å². The highest BCUT2D eigenvalue weighted by Crippen LogP contribution is 2.34. The molecule has 2 heterocycles. The number of methoxy groups -OCH3 is 1. The van der Waals surface area contributed by atoms with Crippen LogP contribution in [-0.4, -0.2) is 38.1 Å². The van der Waals surface area contributed by atoms with Crippen LogP contribution in [0.3, 0.4) is 0 Å². The van der Waals surface area contributed by atoms with Gasteiger partial charge >= 0.3 is 0 Å². The topological polar surface area (TPSA) is 85.8 Å². The van der Waals surface area contributed by atoms with Crippen molar-refractivity contribution >= 4 is 10.0 Å². The van der Waals surface area contributed by atoms with Gasteiger partial charge in [-0.15, -0.1) is 0 Å². The highest BCUT2D eigenvalue weighted by Gasteiger charge is 2.29. The maximum Gasteiger partial charge on any atom is 0.246 e. The van der Waals surface area contributed by atoms with Gasteiger partial charge in [0.2, 0.25) is 10.0 Å². The second-order valence-electron chi connectivity index (χ2n) is 7.08. The lowest BCUT2D eigenvalue weighted by molar-refractivity contribution is 0.356. The molecule has 2 aromatic heterocycles. The Labute approximate surface area is 171 Å². The van der Waals surface area contributed by atoms with Crippen LogP contribution in [0, 0.1) is 13.8 Å². The molecular formula is C21H26N2O5S. The second-order valence-corrected chi connectivity index (χ2v) is 9.04. The van der Waals surface area contributed by atoms with Crippen LogP contribution in [0.4, 0.5) is 0 Å². The summed E-state index contributed by atoms with van der Waals surface area (Å²) in [5.41, 5.74) is 2.28. The summed E-state index contributed by atoms with van der Waals surface area (Å²) in [6.45, 7) is 5.61. The summed E-state index contributed by atoms with van der Waals surface area (Å²) in [6.07, 6.45) is 2.90. The predicted octanol–water partition coefficient (Wildman–Crippen LogP) is 4.20. The maximum absolute atomic E-state index is 13.4. The Hall–Kier alpha value is -2.58. The normalized spacial score (nSPS) is 13.0. The van der Waals surface area contributed by atoms with Crippen LogP contribution in [-0.2, 0) is 16.4 Å². The Morgan fingerprint density at radius 2 is 2.00 bits per heavy atom. The minimum absolute atomic E-state index is 0.0956. The summed E-state index contributed by atoms with van der Waals surface area (Å²) in [7, 11) is -0.755. The fourth-order valence-electron chi connectivity index (χ4n) is 3.08. The Morgan fingerprint density at radius 3 is 2.59 bits per heavy atom. The van der Waals surface area contributed by atoms with E-state index in [4.69, 9.17) is 13.7 Å². The van der Waals surface area contributed by atoms with Crippen LogP contribution in [0.15, 0.2) is 50.4 Å². The van der Waals surface area contributed by atoms with E-state index in [2.05, 4.69) is 5.16 Å². The average Bonchev–Trinajstić information content (AvgIpc) is 3.35. The molecule has 0 aliphatic carbocycles. The van der Waals surface area contributed by atoms with Gasteiger partial charge in [0.1, 0.15) is 16.4 Å². The molecule has 8 heteroatoms. The zero-order valence-electron chi connectivity index (χ0n) is 17.3. The number of aromatic nitrogens is 1. The van der Waals surface area contributed by atoms with Gasteiger partial charge in [0, 0.05) is 30.6 Å². The van der Waals surface area contributed by atoms with Gasteiger partial charge in [-0.1, -0.05) is 5.16 Å². The summed E-state index contributed by atoms with van der Waals surface area (Å²) in [5.74, 6) is 1.67. The first-order valence-corrected chi connectivity index (χ1v) is 10.8. The molecule has 29 heavy (non-hydrogen) atoms. The SMILES string of the molecule is COc1ccc(-c2onc(C)c2C)cc1S(=O)(=O)N(C)[C@@H](C)CCc1ccco1. The van der Waals surface area contributed by atoms with Crippen LogP contribution in [0.25, 0.3) is 11.3 Å². The van der Waals surface area contributed by atoms with Crippen molar-refractivity contribution in [3.63, 3.8) is 0 Å². The quantitative estimate of drug-likeness (QED) is 0.545. The molecule has 0 aliphatic heterocycles. The van der Waals surface area contributed by atoms with Crippen molar-refractivity contribution in [3.05, 3.63) is 53.6 Å². The van der Waals surface area contributed by atoms with E-state index in [1.54, 1.807) is 31.5 Å². The number of nitrogens with zero attached hydrogens (tertiary/aromatic N) is 2. The van der Waals surface area contributed by atoms with Crippen LogP contribution < -0.4 is 4.74 Å². The lowest BCUT2D eigenvalue weighted by atomic mass is 10.1. The van der Waals surface area contributed by atoms with E-state index in [0.717, 1.165) is 17.0 Å². The predicted molar refractivity (Wildman–Crippen MR) is 109 cm³/mol. The van der Waals surface area contributed by atoms with Gasteiger partial charge in [0.15, 0.2) is 5.76 Å². The van der Waals surface area contributed by atoms with Gasteiger partial charge in [-0.25, -0.2) is 8.42 Å². The lowest BCUT2D eigenvalue weighted by Crippen LogP contribution is -2.35. The molecule has 1 atom stereocenters. The molecule has 7 nitrogen and oxygen atoms in total. The lowest BCUT2D eigenvalue weighted by Gasteiger charge is -2.25. The number of furan rings is 1. The molecular weight excluding hydrogens is 392 g/mol. The molecule has 0 unspecified atom stereocenters. The molecule has 0 radical (unpaired) electrons. The smallest absolute Gasteiger partial charge is 0.246 e. The van der Waals surface area contributed by atoms with E-state index in [0.29, 0.717) is 24.2 Å². The molecule has 0 bridgehead atoms. The molecule has 3 aromatic rings. The van der Waals surface area contributed by atoms with Gasteiger partial charge in [-0.2, -0.15) is 4.31 Å². The first kappa shape index (κ1) is 21.1. The van der Waals surface area contributed by atoms with Crippen LogP contribution in [0.1, 0.15) is 30.4 Å². The van der Waals surface area contributed by atoms with Gasteiger partial charge in [-0.05, 0) is 57.5 Å². The van der Waals surface area contributed by atoms with Crippen LogP contribution in [0.5, 0.6) is 5.75 Å². The van der Waals surface area contributed by atoms with Crippen molar-refractivity contribution in [1.82, 2.24) is 9.46 Å². The molecule has 0 spiro atoms. The van der Waals surface area contributed by atoms with E-state index in [9.17, 15) is 8.42 Å². The largest absolute Gasteiger partial charge is 0.495 e. The number of benzene rings is 1. The standard InChI is InChI=1S/C21H26N2O5S/c1-14(8-10-18-7-6-12-27-18)23(4)29(24,25)20-13-17(9-11-19(20)26-5)21-15(2)16(3)22-28-21/h6-7,9,11-14H,8,10H2,1-5H3/t14-/m0/s1. The Bertz CT molecular complexity index is 1070. The van der Waals surface area contributed by atoms with E-state index >= 15 is 0 Å². The first-order chi connectivity index (χ1) is 13.8. The summed E-state index contributed by atoms with van der Waals surface area (Å²) >= 11 is 0. The van der Waals surface area contributed by atoms with Gasteiger partial charge in [0.25, 0.3) is 0 Å². The summed E-state index contributed by atoms with van der Waals surface area (Å²) in [5, 5.41) is 3.96. The third-order valence-electron chi connectivity index (χ3n) is 5.25. The number of ether oxygens (including phenoxy) is 1. The third-order valence-corrected chi connectivity index (χ3v) is 7.24. The Balaban J connectivity index is 1.91.